The highest BCUT2D eigenvalue weighted by Crippen LogP contribution is 2.38. The molecule has 1 amide bonds. The van der Waals surface area contributed by atoms with Gasteiger partial charge in [-0.25, -0.2) is 4.98 Å². The van der Waals surface area contributed by atoms with Gasteiger partial charge in [0.05, 0.1) is 23.8 Å². The van der Waals surface area contributed by atoms with Crippen molar-refractivity contribution in [2.24, 2.45) is 18.9 Å². The van der Waals surface area contributed by atoms with Crippen molar-refractivity contribution < 1.29 is 9.53 Å². The van der Waals surface area contributed by atoms with Crippen LogP contribution in [0.15, 0.2) is 36.4 Å². The summed E-state index contributed by atoms with van der Waals surface area (Å²) >= 11 is 0. The second kappa shape index (κ2) is 8.99. The van der Waals surface area contributed by atoms with Gasteiger partial charge in [0.15, 0.2) is 5.82 Å². The van der Waals surface area contributed by atoms with Crippen LogP contribution in [0.4, 0.5) is 0 Å². The Bertz CT molecular complexity index is 1460. The van der Waals surface area contributed by atoms with Gasteiger partial charge in [0.2, 0.25) is 0 Å². The number of nitrogens with zero attached hydrogens (tertiary/aromatic N) is 4. The van der Waals surface area contributed by atoms with Crippen LogP contribution in [-0.2, 0) is 13.6 Å². The molecule has 2 aromatic heterocycles. The van der Waals surface area contributed by atoms with Crippen LogP contribution >= 0.6 is 0 Å². The molecule has 36 heavy (non-hydrogen) atoms. The van der Waals surface area contributed by atoms with E-state index in [4.69, 9.17) is 9.72 Å². The number of rotatable bonds is 6. The van der Waals surface area contributed by atoms with E-state index >= 15 is 0 Å². The van der Waals surface area contributed by atoms with Crippen LogP contribution in [-0.4, -0.2) is 45.1 Å². The molecule has 6 rings (SSSR count). The van der Waals surface area contributed by atoms with Gasteiger partial charge in [0, 0.05) is 37.6 Å². The first-order chi connectivity index (χ1) is 17.5. The number of aryl methyl sites for hydroxylation is 2. The van der Waals surface area contributed by atoms with Crippen LogP contribution in [0.2, 0.25) is 0 Å². The first-order valence-electron chi connectivity index (χ1n) is 13.4. The number of carbonyl (C=O) groups excluding carboxylic acids is 1. The van der Waals surface area contributed by atoms with Crippen molar-refractivity contribution in [2.45, 2.75) is 52.5 Å². The number of para-hydroxylation sites is 1. The van der Waals surface area contributed by atoms with Crippen LogP contribution in [0.5, 0.6) is 5.75 Å². The van der Waals surface area contributed by atoms with E-state index < -0.39 is 0 Å². The molecular weight excluding hydrogens is 448 g/mol. The monoisotopic (exact) mass is 484 g/mol. The number of amides is 1. The van der Waals surface area contributed by atoms with Gasteiger partial charge in [-0.2, -0.15) is 0 Å². The van der Waals surface area contributed by atoms with Crippen molar-refractivity contribution >= 4 is 27.8 Å². The van der Waals surface area contributed by atoms with E-state index in [1.807, 2.05) is 17.0 Å². The largest absolute Gasteiger partial charge is 0.494 e. The molecule has 188 valence electrons. The number of piperidine rings is 1. The molecule has 1 atom stereocenters. The van der Waals surface area contributed by atoms with Crippen molar-refractivity contribution in [2.75, 3.05) is 20.2 Å². The third kappa shape index (κ3) is 3.87. The van der Waals surface area contributed by atoms with Crippen LogP contribution in [0, 0.1) is 18.8 Å². The van der Waals surface area contributed by atoms with Gasteiger partial charge in [0.1, 0.15) is 11.3 Å². The fourth-order valence-electron chi connectivity index (χ4n) is 6.03. The fraction of sp³-hybridized carbons (Fsp3) is 0.467. The highest BCUT2D eigenvalue weighted by atomic mass is 16.5. The molecule has 1 aliphatic heterocycles. The van der Waals surface area contributed by atoms with Gasteiger partial charge < -0.3 is 18.8 Å². The molecule has 4 aromatic rings. The van der Waals surface area contributed by atoms with Crippen LogP contribution < -0.4 is 4.74 Å². The molecule has 2 fully saturated rings. The van der Waals surface area contributed by atoms with Gasteiger partial charge in [-0.05, 0) is 68.2 Å². The first-order valence-corrected chi connectivity index (χ1v) is 13.4. The Kier molecular flexibility index (Phi) is 5.78. The van der Waals surface area contributed by atoms with Crippen molar-refractivity contribution in [1.29, 1.82) is 0 Å². The average Bonchev–Trinajstić information content (AvgIpc) is 3.56. The summed E-state index contributed by atoms with van der Waals surface area (Å²) in [6.45, 7) is 7.08. The molecule has 0 bridgehead atoms. The molecule has 0 radical (unpaired) electrons. The number of carbonyl (C=O) groups is 1. The zero-order valence-corrected chi connectivity index (χ0v) is 21.9. The van der Waals surface area contributed by atoms with E-state index in [2.05, 4.69) is 54.3 Å². The Labute approximate surface area is 212 Å². The molecule has 0 N–H and O–H groups in total. The number of likely N-dealkylation sites (tertiary alicyclic amines) is 1. The van der Waals surface area contributed by atoms with Crippen molar-refractivity contribution in [3.8, 4) is 17.3 Å². The van der Waals surface area contributed by atoms with Gasteiger partial charge in [-0.15, -0.1) is 0 Å². The number of ether oxygens (including phenoxy) is 1. The summed E-state index contributed by atoms with van der Waals surface area (Å²) in [6, 6.07) is 12.6. The van der Waals surface area contributed by atoms with E-state index in [0.717, 1.165) is 60.9 Å². The summed E-state index contributed by atoms with van der Waals surface area (Å²) in [6.07, 6.45) is 5.98. The third-order valence-electron chi connectivity index (χ3n) is 8.27. The lowest BCUT2D eigenvalue weighted by molar-refractivity contribution is 0.0671. The molecule has 2 aromatic carbocycles. The first kappa shape index (κ1) is 23.1. The number of aromatic nitrogens is 3. The SMILES string of the molecule is CC[C@@H]1CCCN(C(=O)c2cc(OC)c3c(c2)nc(-c2cc4cccc(C)c4n2CC2CC2)n3C)C1. The minimum absolute atomic E-state index is 0.0824. The quantitative estimate of drug-likeness (QED) is 0.328. The summed E-state index contributed by atoms with van der Waals surface area (Å²) < 4.78 is 10.4. The number of hydrogen-bond donors (Lipinski definition) is 0. The molecular formula is C30H36N4O2. The topological polar surface area (TPSA) is 52.3 Å². The molecule has 2 aliphatic rings. The maximum Gasteiger partial charge on any atom is 0.254 e. The minimum atomic E-state index is 0.0824. The molecule has 0 unspecified atom stereocenters. The highest BCUT2D eigenvalue weighted by Gasteiger charge is 2.28. The number of benzene rings is 2. The summed E-state index contributed by atoms with van der Waals surface area (Å²) in [7, 11) is 3.73. The molecule has 1 saturated heterocycles. The fourth-order valence-corrected chi connectivity index (χ4v) is 6.03. The minimum Gasteiger partial charge on any atom is -0.494 e. The predicted molar refractivity (Wildman–Crippen MR) is 145 cm³/mol. The normalized spacial score (nSPS) is 18.3. The Morgan fingerprint density at radius 1 is 1.11 bits per heavy atom. The van der Waals surface area contributed by atoms with E-state index in [9.17, 15) is 4.79 Å². The Hall–Kier alpha value is -3.28. The molecule has 3 heterocycles. The van der Waals surface area contributed by atoms with E-state index in [1.54, 1.807) is 7.11 Å². The lowest BCUT2D eigenvalue weighted by atomic mass is 9.95. The smallest absolute Gasteiger partial charge is 0.254 e. The zero-order valence-electron chi connectivity index (χ0n) is 21.9. The number of hydrogen-bond acceptors (Lipinski definition) is 3. The zero-order chi connectivity index (χ0) is 25.0. The maximum absolute atomic E-state index is 13.5. The predicted octanol–water partition coefficient (Wildman–Crippen LogP) is 6.18. The average molecular weight is 485 g/mol. The molecule has 0 spiro atoms. The van der Waals surface area contributed by atoms with Crippen LogP contribution in [0.1, 0.15) is 54.9 Å². The Balaban J connectivity index is 1.47. The third-order valence-corrected chi connectivity index (χ3v) is 8.27. The lowest BCUT2D eigenvalue weighted by Gasteiger charge is -2.32. The van der Waals surface area contributed by atoms with Crippen molar-refractivity contribution in [1.82, 2.24) is 19.0 Å². The summed E-state index contributed by atoms with van der Waals surface area (Å²) in [5.74, 6) is 3.02. The van der Waals surface area contributed by atoms with Crippen LogP contribution in [0.25, 0.3) is 33.5 Å². The summed E-state index contributed by atoms with van der Waals surface area (Å²) in [5, 5.41) is 1.25. The summed E-state index contributed by atoms with van der Waals surface area (Å²) in [5.41, 5.74) is 6.10. The molecule has 6 heteroatoms. The second-order valence-electron chi connectivity index (χ2n) is 10.8. The van der Waals surface area contributed by atoms with E-state index in [1.165, 1.54) is 35.7 Å². The number of fused-ring (bicyclic) bond motifs is 2. The molecule has 6 nitrogen and oxygen atoms in total. The Morgan fingerprint density at radius 3 is 2.69 bits per heavy atom. The van der Waals surface area contributed by atoms with Gasteiger partial charge in [-0.1, -0.05) is 31.5 Å². The number of methoxy groups -OCH3 is 1. The van der Waals surface area contributed by atoms with Crippen molar-refractivity contribution in [3.05, 3.63) is 47.5 Å². The Morgan fingerprint density at radius 2 is 1.94 bits per heavy atom. The summed E-state index contributed by atoms with van der Waals surface area (Å²) in [4.78, 5) is 20.6. The van der Waals surface area contributed by atoms with E-state index in [0.29, 0.717) is 17.2 Å². The number of imidazole rings is 1. The second-order valence-corrected chi connectivity index (χ2v) is 10.8. The lowest BCUT2D eigenvalue weighted by Crippen LogP contribution is -2.39. The highest BCUT2D eigenvalue weighted by molar-refractivity contribution is 6.00. The van der Waals surface area contributed by atoms with Crippen LogP contribution in [0.3, 0.4) is 0 Å². The van der Waals surface area contributed by atoms with Gasteiger partial charge in [-0.3, -0.25) is 4.79 Å². The standard InChI is InChI=1S/C30H36N4O2/c1-5-20-9-7-13-33(17-20)30(35)23-14-24-28(26(16-23)36-4)32(3)29(31-24)25-15-22-10-6-8-19(2)27(22)34(25)18-21-11-12-21/h6,8,10,14-16,20-21H,5,7,9,11-13,17-18H2,1-4H3/t20-/m1/s1. The molecule has 1 saturated carbocycles. The van der Waals surface area contributed by atoms with Gasteiger partial charge >= 0.3 is 0 Å². The molecule has 1 aliphatic carbocycles. The van der Waals surface area contributed by atoms with Gasteiger partial charge in [0.25, 0.3) is 5.91 Å². The maximum atomic E-state index is 13.5. The van der Waals surface area contributed by atoms with E-state index in [-0.39, 0.29) is 5.91 Å². The van der Waals surface area contributed by atoms with Crippen molar-refractivity contribution in [3.63, 3.8) is 0 Å².